The lowest BCUT2D eigenvalue weighted by Crippen LogP contribution is -2.49. The van der Waals surface area contributed by atoms with Crippen LogP contribution in [0, 0.1) is 11.8 Å². The van der Waals surface area contributed by atoms with Crippen LogP contribution in [-0.2, 0) is 10.2 Å². The molecule has 6 heteroatoms. The maximum atomic E-state index is 12.4. The Balaban J connectivity index is 2.49. The zero-order chi connectivity index (χ0) is 15.9. The fourth-order valence-electron chi connectivity index (χ4n) is 2.98. The highest BCUT2D eigenvalue weighted by Crippen LogP contribution is 2.18. The van der Waals surface area contributed by atoms with E-state index in [1.165, 1.54) is 0 Å². The molecule has 0 spiro atoms. The van der Waals surface area contributed by atoms with Gasteiger partial charge in [-0.05, 0) is 57.5 Å². The van der Waals surface area contributed by atoms with Gasteiger partial charge < -0.3 is 5.32 Å². The van der Waals surface area contributed by atoms with E-state index >= 15 is 0 Å². The first-order valence-electron chi connectivity index (χ1n) is 8.33. The van der Waals surface area contributed by atoms with Crippen molar-refractivity contribution >= 4 is 10.2 Å². The molecule has 1 fully saturated rings. The first kappa shape index (κ1) is 18.9. The fraction of sp³-hybridized carbons (Fsp3) is 1.00. The van der Waals surface area contributed by atoms with E-state index in [0.29, 0.717) is 24.9 Å². The zero-order valence-corrected chi connectivity index (χ0v) is 14.9. The van der Waals surface area contributed by atoms with Gasteiger partial charge in [0.15, 0.2) is 0 Å². The van der Waals surface area contributed by atoms with Crippen LogP contribution in [-0.4, -0.2) is 44.9 Å². The molecule has 1 aliphatic heterocycles. The Bertz CT molecular complexity index is 384. The summed E-state index contributed by atoms with van der Waals surface area (Å²) in [5.41, 5.74) is 0. The van der Waals surface area contributed by atoms with E-state index in [0.717, 1.165) is 38.8 Å². The normalized spacial score (nSPS) is 22.6. The number of nitrogens with zero attached hydrogens (tertiary/aromatic N) is 1. The van der Waals surface area contributed by atoms with Crippen LogP contribution in [0.1, 0.15) is 53.4 Å². The molecule has 1 heterocycles. The summed E-state index contributed by atoms with van der Waals surface area (Å²) in [6, 6.07) is -0.00593. The Hall–Kier alpha value is -0.170. The summed E-state index contributed by atoms with van der Waals surface area (Å²) in [4.78, 5) is 0. The van der Waals surface area contributed by atoms with Gasteiger partial charge >= 0.3 is 0 Å². The van der Waals surface area contributed by atoms with Gasteiger partial charge in [-0.1, -0.05) is 20.8 Å². The smallest absolute Gasteiger partial charge is 0.279 e. The quantitative estimate of drug-likeness (QED) is 0.639. The van der Waals surface area contributed by atoms with Crippen molar-refractivity contribution in [3.05, 3.63) is 0 Å². The Morgan fingerprint density at radius 3 is 2.62 bits per heavy atom. The van der Waals surface area contributed by atoms with Crippen LogP contribution >= 0.6 is 0 Å². The lowest BCUT2D eigenvalue weighted by Gasteiger charge is -2.33. The minimum atomic E-state index is -3.34. The molecule has 0 aromatic rings. The first-order valence-corrected chi connectivity index (χ1v) is 9.77. The van der Waals surface area contributed by atoms with Crippen LogP contribution in [0.4, 0.5) is 0 Å². The molecule has 1 saturated heterocycles. The topological polar surface area (TPSA) is 61.4 Å². The maximum absolute atomic E-state index is 12.4. The van der Waals surface area contributed by atoms with E-state index in [1.54, 1.807) is 4.31 Å². The summed E-state index contributed by atoms with van der Waals surface area (Å²) < 4.78 is 29.3. The predicted molar refractivity (Wildman–Crippen MR) is 88.4 cm³/mol. The molecule has 0 aromatic heterocycles. The summed E-state index contributed by atoms with van der Waals surface area (Å²) in [5.74, 6) is 0.928. The number of hydrogen-bond donors (Lipinski definition) is 2. The van der Waals surface area contributed by atoms with Gasteiger partial charge in [0.1, 0.15) is 0 Å². The van der Waals surface area contributed by atoms with Crippen LogP contribution < -0.4 is 10.0 Å². The Morgan fingerprint density at radius 2 is 2.00 bits per heavy atom. The molecule has 0 aliphatic carbocycles. The average molecular weight is 320 g/mol. The van der Waals surface area contributed by atoms with Gasteiger partial charge in [-0.25, -0.2) is 0 Å². The summed E-state index contributed by atoms with van der Waals surface area (Å²) in [5, 5.41) is 3.40. The van der Waals surface area contributed by atoms with Gasteiger partial charge in [0, 0.05) is 19.1 Å². The molecule has 0 saturated carbocycles. The van der Waals surface area contributed by atoms with Gasteiger partial charge in [0.05, 0.1) is 0 Å². The molecule has 0 amide bonds. The van der Waals surface area contributed by atoms with Crippen molar-refractivity contribution in [2.24, 2.45) is 11.8 Å². The van der Waals surface area contributed by atoms with Crippen LogP contribution in [0.3, 0.4) is 0 Å². The third-order valence-electron chi connectivity index (χ3n) is 3.86. The number of hydrogen-bond acceptors (Lipinski definition) is 3. The highest BCUT2D eigenvalue weighted by molar-refractivity contribution is 7.87. The monoisotopic (exact) mass is 319 g/mol. The largest absolute Gasteiger partial charge is 0.316 e. The second kappa shape index (κ2) is 9.08. The van der Waals surface area contributed by atoms with Gasteiger partial charge in [-0.15, -0.1) is 0 Å². The molecule has 126 valence electrons. The lowest BCUT2D eigenvalue weighted by atomic mass is 10.00. The summed E-state index contributed by atoms with van der Waals surface area (Å²) >= 11 is 0. The van der Waals surface area contributed by atoms with E-state index in [9.17, 15) is 8.42 Å². The highest BCUT2D eigenvalue weighted by atomic mass is 32.2. The van der Waals surface area contributed by atoms with Crippen LogP contribution in [0.2, 0.25) is 0 Å². The molecule has 0 bridgehead atoms. The second-order valence-electron chi connectivity index (χ2n) is 6.72. The van der Waals surface area contributed by atoms with Gasteiger partial charge in [0.2, 0.25) is 0 Å². The molecule has 2 N–H and O–H groups in total. The number of nitrogens with one attached hydrogen (secondary N) is 2. The summed E-state index contributed by atoms with van der Waals surface area (Å²) in [7, 11) is -3.34. The molecule has 1 aliphatic rings. The van der Waals surface area contributed by atoms with E-state index in [1.807, 2.05) is 6.92 Å². The third kappa shape index (κ3) is 7.08. The number of rotatable bonds is 9. The van der Waals surface area contributed by atoms with E-state index < -0.39 is 10.2 Å². The van der Waals surface area contributed by atoms with Gasteiger partial charge in [0.25, 0.3) is 10.2 Å². The second-order valence-corrected chi connectivity index (χ2v) is 8.43. The SMILES string of the molecule is CCCNCC1CCCN(S(=O)(=O)NC(C)CC(C)C)C1. The average Bonchev–Trinajstić information content (AvgIpc) is 2.37. The van der Waals surface area contributed by atoms with E-state index in [4.69, 9.17) is 0 Å². The summed E-state index contributed by atoms with van der Waals surface area (Å²) in [6.07, 6.45) is 4.06. The van der Waals surface area contributed by atoms with Crippen molar-refractivity contribution in [2.75, 3.05) is 26.2 Å². The van der Waals surface area contributed by atoms with Crippen molar-refractivity contribution in [3.8, 4) is 0 Å². The van der Waals surface area contributed by atoms with E-state index in [2.05, 4.69) is 30.8 Å². The zero-order valence-electron chi connectivity index (χ0n) is 14.1. The minimum absolute atomic E-state index is 0.00593. The molecule has 5 nitrogen and oxygen atoms in total. The number of piperidine rings is 1. The molecule has 21 heavy (non-hydrogen) atoms. The standard InChI is InChI=1S/C15H33N3O2S/c1-5-8-16-11-15-7-6-9-18(12-15)21(19,20)17-14(4)10-13(2)3/h13-17H,5-12H2,1-4H3. The van der Waals surface area contributed by atoms with Crippen molar-refractivity contribution in [1.29, 1.82) is 0 Å². The van der Waals surface area contributed by atoms with Crippen molar-refractivity contribution in [3.63, 3.8) is 0 Å². The molecular weight excluding hydrogens is 286 g/mol. The van der Waals surface area contributed by atoms with Crippen LogP contribution in [0.25, 0.3) is 0 Å². The summed E-state index contributed by atoms with van der Waals surface area (Å²) in [6.45, 7) is 11.5. The van der Waals surface area contributed by atoms with Gasteiger partial charge in [-0.2, -0.15) is 17.4 Å². The van der Waals surface area contributed by atoms with Crippen molar-refractivity contribution in [2.45, 2.75) is 59.4 Å². The molecule has 0 aromatic carbocycles. The van der Waals surface area contributed by atoms with Gasteiger partial charge in [-0.3, -0.25) is 0 Å². The Morgan fingerprint density at radius 1 is 1.29 bits per heavy atom. The lowest BCUT2D eigenvalue weighted by molar-refractivity contribution is 0.256. The first-order chi connectivity index (χ1) is 9.85. The predicted octanol–water partition coefficient (Wildman–Crippen LogP) is 1.97. The van der Waals surface area contributed by atoms with Crippen molar-refractivity contribution < 1.29 is 8.42 Å². The van der Waals surface area contributed by atoms with Crippen LogP contribution in [0.15, 0.2) is 0 Å². The maximum Gasteiger partial charge on any atom is 0.279 e. The van der Waals surface area contributed by atoms with Crippen molar-refractivity contribution in [1.82, 2.24) is 14.3 Å². The Kier molecular flexibility index (Phi) is 8.16. The highest BCUT2D eigenvalue weighted by Gasteiger charge is 2.29. The van der Waals surface area contributed by atoms with E-state index in [-0.39, 0.29) is 6.04 Å². The fourth-order valence-corrected chi connectivity index (χ4v) is 4.51. The molecule has 1 rings (SSSR count). The molecule has 0 radical (unpaired) electrons. The van der Waals surface area contributed by atoms with Crippen LogP contribution in [0.5, 0.6) is 0 Å². The third-order valence-corrected chi connectivity index (χ3v) is 5.57. The molecule has 2 atom stereocenters. The Labute approximate surface area is 131 Å². The molecule has 2 unspecified atom stereocenters. The minimum Gasteiger partial charge on any atom is -0.316 e. The molecular formula is C15H33N3O2S.